The van der Waals surface area contributed by atoms with Gasteiger partial charge in [0.05, 0.1) is 13.7 Å². The van der Waals surface area contributed by atoms with Crippen molar-refractivity contribution in [3.05, 3.63) is 29.6 Å². The summed E-state index contributed by atoms with van der Waals surface area (Å²) in [6.07, 6.45) is 1.16. The smallest absolute Gasteiger partial charge is 0.165 e. The lowest BCUT2D eigenvalue weighted by atomic mass is 10.1. The van der Waals surface area contributed by atoms with Crippen molar-refractivity contribution in [3.63, 3.8) is 0 Å². The molecule has 0 spiro atoms. The lowest BCUT2D eigenvalue weighted by Crippen LogP contribution is -2.34. The predicted molar refractivity (Wildman–Crippen MR) is 67.2 cm³/mol. The van der Waals surface area contributed by atoms with Crippen molar-refractivity contribution in [2.45, 2.75) is 18.9 Å². The van der Waals surface area contributed by atoms with Crippen molar-refractivity contribution in [2.24, 2.45) is 0 Å². The van der Waals surface area contributed by atoms with Crippen LogP contribution < -0.4 is 10.1 Å². The number of methoxy groups -OCH3 is 1. The molecule has 0 bridgehead atoms. The van der Waals surface area contributed by atoms with E-state index in [1.807, 2.05) is 6.07 Å². The van der Waals surface area contributed by atoms with Gasteiger partial charge in [0.2, 0.25) is 0 Å². The molecule has 1 atom stereocenters. The van der Waals surface area contributed by atoms with Gasteiger partial charge in [0.15, 0.2) is 11.6 Å². The molecule has 3 N–H and O–H groups in total. The molecule has 0 fully saturated rings. The number of hydrogen-bond donors (Lipinski definition) is 3. The first kappa shape index (κ1) is 14.9. The predicted octanol–water partition coefficient (Wildman–Crippen LogP) is 0.710. The van der Waals surface area contributed by atoms with Crippen LogP contribution in [-0.4, -0.2) is 43.1 Å². The number of ether oxygens (including phenoxy) is 1. The summed E-state index contributed by atoms with van der Waals surface area (Å²) >= 11 is 0. The summed E-state index contributed by atoms with van der Waals surface area (Å²) in [5, 5.41) is 20.9. The van der Waals surface area contributed by atoms with Crippen molar-refractivity contribution in [2.75, 3.05) is 26.9 Å². The van der Waals surface area contributed by atoms with E-state index >= 15 is 0 Å². The monoisotopic (exact) mass is 257 g/mol. The number of rotatable bonds is 8. The van der Waals surface area contributed by atoms with Gasteiger partial charge < -0.3 is 20.3 Å². The first-order valence-electron chi connectivity index (χ1n) is 5.98. The van der Waals surface area contributed by atoms with Crippen LogP contribution in [0.2, 0.25) is 0 Å². The molecule has 0 saturated heterocycles. The Hall–Kier alpha value is -1.17. The average Bonchev–Trinajstić information content (AvgIpc) is 2.38. The van der Waals surface area contributed by atoms with Crippen LogP contribution in [0.4, 0.5) is 4.39 Å². The molecule has 1 unspecified atom stereocenters. The minimum absolute atomic E-state index is 0.0163. The molecular formula is C13H20FNO3. The largest absolute Gasteiger partial charge is 0.494 e. The SMILES string of the molecule is COc1ccc(CCNC(CO)CCO)cc1F. The van der Waals surface area contributed by atoms with Crippen LogP contribution in [0.25, 0.3) is 0 Å². The summed E-state index contributed by atoms with van der Waals surface area (Å²) in [5.74, 6) is -0.135. The molecular weight excluding hydrogens is 237 g/mol. The van der Waals surface area contributed by atoms with E-state index in [2.05, 4.69) is 5.32 Å². The fourth-order valence-corrected chi connectivity index (χ4v) is 1.70. The maximum atomic E-state index is 13.4. The van der Waals surface area contributed by atoms with E-state index in [1.165, 1.54) is 13.2 Å². The Labute approximate surface area is 106 Å². The minimum Gasteiger partial charge on any atom is -0.494 e. The molecule has 0 heterocycles. The first-order valence-corrected chi connectivity index (χ1v) is 5.98. The van der Waals surface area contributed by atoms with Gasteiger partial charge in [0.25, 0.3) is 0 Å². The highest BCUT2D eigenvalue weighted by Gasteiger charge is 2.06. The van der Waals surface area contributed by atoms with Crippen molar-refractivity contribution >= 4 is 0 Å². The summed E-state index contributed by atoms with van der Waals surface area (Å²) in [6, 6.07) is 4.74. The molecule has 0 amide bonds. The second kappa shape index (κ2) is 8.02. The molecule has 1 aromatic carbocycles. The first-order chi connectivity index (χ1) is 8.71. The molecule has 0 saturated carbocycles. The van der Waals surface area contributed by atoms with Crippen LogP contribution in [0.5, 0.6) is 5.75 Å². The maximum absolute atomic E-state index is 13.4. The van der Waals surface area contributed by atoms with E-state index < -0.39 is 0 Å². The van der Waals surface area contributed by atoms with E-state index in [1.54, 1.807) is 6.07 Å². The Morgan fingerprint density at radius 3 is 2.72 bits per heavy atom. The van der Waals surface area contributed by atoms with Gasteiger partial charge in [0, 0.05) is 12.6 Å². The van der Waals surface area contributed by atoms with Crippen LogP contribution in [-0.2, 0) is 6.42 Å². The third-order valence-electron chi connectivity index (χ3n) is 2.76. The summed E-state index contributed by atoms with van der Waals surface area (Å²) in [4.78, 5) is 0. The normalized spacial score (nSPS) is 12.4. The Balaban J connectivity index is 2.41. The summed E-state index contributed by atoms with van der Waals surface area (Å²) in [5.41, 5.74) is 0.862. The Morgan fingerprint density at radius 2 is 2.17 bits per heavy atom. The molecule has 18 heavy (non-hydrogen) atoms. The van der Waals surface area contributed by atoms with Crippen molar-refractivity contribution in [1.82, 2.24) is 5.32 Å². The molecule has 0 radical (unpaired) electrons. The fraction of sp³-hybridized carbons (Fsp3) is 0.538. The van der Waals surface area contributed by atoms with Crippen LogP contribution in [0.1, 0.15) is 12.0 Å². The van der Waals surface area contributed by atoms with Gasteiger partial charge >= 0.3 is 0 Å². The molecule has 0 aliphatic carbocycles. The van der Waals surface area contributed by atoms with Crippen LogP contribution in [0, 0.1) is 5.82 Å². The van der Waals surface area contributed by atoms with E-state index in [4.69, 9.17) is 14.9 Å². The van der Waals surface area contributed by atoms with Crippen molar-refractivity contribution in [3.8, 4) is 5.75 Å². The van der Waals surface area contributed by atoms with E-state index in [0.29, 0.717) is 19.4 Å². The molecule has 102 valence electrons. The number of benzene rings is 1. The Kier molecular flexibility index (Phi) is 6.64. The molecule has 5 heteroatoms. The van der Waals surface area contributed by atoms with E-state index in [0.717, 1.165) is 5.56 Å². The van der Waals surface area contributed by atoms with Gasteiger partial charge in [-0.3, -0.25) is 0 Å². The van der Waals surface area contributed by atoms with Crippen molar-refractivity contribution in [1.29, 1.82) is 0 Å². The number of halogens is 1. The maximum Gasteiger partial charge on any atom is 0.165 e. The molecule has 1 rings (SSSR count). The third-order valence-corrected chi connectivity index (χ3v) is 2.76. The van der Waals surface area contributed by atoms with Gasteiger partial charge in [-0.2, -0.15) is 0 Å². The van der Waals surface area contributed by atoms with Crippen LogP contribution in [0.15, 0.2) is 18.2 Å². The lowest BCUT2D eigenvalue weighted by Gasteiger charge is -2.14. The number of nitrogens with one attached hydrogen (secondary N) is 1. The quantitative estimate of drug-likeness (QED) is 0.642. The second-order valence-corrected chi connectivity index (χ2v) is 4.06. The highest BCUT2D eigenvalue weighted by molar-refractivity contribution is 5.29. The summed E-state index contributed by atoms with van der Waals surface area (Å²) in [6.45, 7) is 0.643. The highest BCUT2D eigenvalue weighted by atomic mass is 19.1. The highest BCUT2D eigenvalue weighted by Crippen LogP contribution is 2.17. The van der Waals surface area contributed by atoms with Crippen molar-refractivity contribution < 1.29 is 19.3 Å². The van der Waals surface area contributed by atoms with Gasteiger partial charge in [-0.25, -0.2) is 4.39 Å². The Morgan fingerprint density at radius 1 is 1.39 bits per heavy atom. The number of aliphatic hydroxyl groups is 2. The molecule has 4 nitrogen and oxygen atoms in total. The van der Waals surface area contributed by atoms with Gasteiger partial charge in [-0.15, -0.1) is 0 Å². The topological polar surface area (TPSA) is 61.7 Å². The zero-order chi connectivity index (χ0) is 13.4. The van der Waals surface area contributed by atoms with Gasteiger partial charge in [0.1, 0.15) is 0 Å². The summed E-state index contributed by atoms with van der Waals surface area (Å²) < 4.78 is 18.2. The minimum atomic E-state index is -0.371. The zero-order valence-electron chi connectivity index (χ0n) is 10.5. The lowest BCUT2D eigenvalue weighted by molar-refractivity contribution is 0.201. The number of aliphatic hydroxyl groups excluding tert-OH is 2. The van der Waals surface area contributed by atoms with Gasteiger partial charge in [-0.05, 0) is 37.1 Å². The molecule has 1 aromatic rings. The third kappa shape index (κ3) is 4.60. The zero-order valence-corrected chi connectivity index (χ0v) is 10.5. The Bertz CT molecular complexity index is 360. The fourth-order valence-electron chi connectivity index (χ4n) is 1.70. The number of hydrogen-bond acceptors (Lipinski definition) is 4. The summed E-state index contributed by atoms with van der Waals surface area (Å²) in [7, 11) is 1.43. The average molecular weight is 257 g/mol. The standard InChI is InChI=1S/C13H20FNO3/c1-18-13-3-2-10(8-12(13)14)4-6-15-11(9-17)5-7-16/h2-3,8,11,15-17H,4-7,9H2,1H3. The van der Waals surface area contributed by atoms with E-state index in [9.17, 15) is 4.39 Å². The van der Waals surface area contributed by atoms with Gasteiger partial charge in [-0.1, -0.05) is 6.07 Å². The molecule has 0 aliphatic rings. The van der Waals surface area contributed by atoms with Crippen LogP contribution >= 0.6 is 0 Å². The molecule has 0 aliphatic heterocycles. The molecule has 0 aromatic heterocycles. The second-order valence-electron chi connectivity index (χ2n) is 4.06. The van der Waals surface area contributed by atoms with Crippen LogP contribution in [0.3, 0.4) is 0 Å². The van der Waals surface area contributed by atoms with E-state index in [-0.39, 0.29) is 30.8 Å².